The molecule has 0 unspecified atom stereocenters. The molecule has 156 valence electrons. The minimum Gasteiger partial charge on any atom is -0.488 e. The van der Waals surface area contributed by atoms with Crippen LogP contribution < -0.4 is 10.1 Å². The lowest BCUT2D eigenvalue weighted by molar-refractivity contribution is -0.112. The molecule has 1 amide bonds. The Morgan fingerprint density at radius 3 is 2.74 bits per heavy atom. The highest BCUT2D eigenvalue weighted by atomic mass is 79.9. The number of nitrogens with one attached hydrogen (secondary N) is 1. The van der Waals surface area contributed by atoms with Crippen LogP contribution in [0.25, 0.3) is 6.08 Å². The standard InChI is InChI=1S/C24H17BrClFN2O2/c1-15-6-8-20(26)12-22(15)29-24(30)18(13-28)10-17-11-19(25)7-9-23(17)31-14-16-4-2-3-5-21(16)27/h2-12H,14H2,1H3,(H,29,30)/b18-10+. The van der Waals surface area contributed by atoms with Crippen molar-refractivity contribution in [3.05, 3.63) is 98.2 Å². The first-order valence-corrected chi connectivity index (χ1v) is 10.4. The molecule has 3 rings (SSSR count). The Balaban J connectivity index is 1.86. The van der Waals surface area contributed by atoms with Gasteiger partial charge in [-0.05, 0) is 55.0 Å². The summed E-state index contributed by atoms with van der Waals surface area (Å²) >= 11 is 9.38. The van der Waals surface area contributed by atoms with Crippen LogP contribution in [0.2, 0.25) is 5.02 Å². The number of rotatable bonds is 6. The molecular formula is C24H17BrClFN2O2. The molecule has 0 spiro atoms. The van der Waals surface area contributed by atoms with Crippen LogP contribution in [0.5, 0.6) is 5.75 Å². The van der Waals surface area contributed by atoms with Gasteiger partial charge in [-0.3, -0.25) is 4.79 Å². The van der Waals surface area contributed by atoms with Gasteiger partial charge in [0.15, 0.2) is 0 Å². The Kier molecular flexibility index (Phi) is 7.45. The van der Waals surface area contributed by atoms with Crippen molar-refractivity contribution < 1.29 is 13.9 Å². The number of aryl methyl sites for hydroxylation is 1. The third-order valence-corrected chi connectivity index (χ3v) is 5.15. The molecule has 0 aliphatic heterocycles. The minimum atomic E-state index is -0.576. The molecule has 0 saturated carbocycles. The average Bonchev–Trinajstić information content (AvgIpc) is 2.75. The van der Waals surface area contributed by atoms with Crippen molar-refractivity contribution in [3.8, 4) is 11.8 Å². The number of carbonyl (C=O) groups is 1. The number of halogens is 3. The first-order chi connectivity index (χ1) is 14.9. The lowest BCUT2D eigenvalue weighted by Crippen LogP contribution is -2.14. The lowest BCUT2D eigenvalue weighted by Gasteiger charge is -2.12. The number of anilines is 1. The molecule has 7 heteroatoms. The number of hydrogen-bond donors (Lipinski definition) is 1. The minimum absolute atomic E-state index is 0.00490. The zero-order valence-electron chi connectivity index (χ0n) is 16.5. The maximum Gasteiger partial charge on any atom is 0.266 e. The van der Waals surface area contributed by atoms with Gasteiger partial charge in [0.05, 0.1) is 0 Å². The van der Waals surface area contributed by atoms with Crippen molar-refractivity contribution >= 4 is 45.2 Å². The number of nitriles is 1. The summed E-state index contributed by atoms with van der Waals surface area (Å²) in [7, 11) is 0. The summed E-state index contributed by atoms with van der Waals surface area (Å²) < 4.78 is 20.4. The SMILES string of the molecule is Cc1ccc(Cl)cc1NC(=O)/C(C#N)=C/c1cc(Br)ccc1OCc1ccccc1F. The van der Waals surface area contributed by atoms with Gasteiger partial charge < -0.3 is 10.1 Å². The van der Waals surface area contributed by atoms with Crippen molar-refractivity contribution in [3.63, 3.8) is 0 Å². The Morgan fingerprint density at radius 2 is 2.00 bits per heavy atom. The van der Waals surface area contributed by atoms with Gasteiger partial charge in [-0.1, -0.05) is 51.8 Å². The highest BCUT2D eigenvalue weighted by molar-refractivity contribution is 9.10. The smallest absolute Gasteiger partial charge is 0.266 e. The van der Waals surface area contributed by atoms with Gasteiger partial charge in [0.25, 0.3) is 5.91 Å². The quantitative estimate of drug-likeness (QED) is 0.304. The molecule has 0 aliphatic rings. The van der Waals surface area contributed by atoms with Crippen molar-refractivity contribution in [1.82, 2.24) is 0 Å². The predicted octanol–water partition coefficient (Wildman–Crippen LogP) is 6.67. The second-order valence-corrected chi connectivity index (χ2v) is 8.00. The van der Waals surface area contributed by atoms with Crippen LogP contribution in [0.3, 0.4) is 0 Å². The van der Waals surface area contributed by atoms with E-state index in [9.17, 15) is 14.4 Å². The molecule has 0 aromatic heterocycles. The number of ether oxygens (including phenoxy) is 1. The van der Waals surface area contributed by atoms with Gasteiger partial charge >= 0.3 is 0 Å². The number of nitrogens with zero attached hydrogens (tertiary/aromatic N) is 1. The maximum absolute atomic E-state index is 13.9. The number of benzene rings is 3. The molecule has 0 heterocycles. The van der Waals surface area contributed by atoms with Crippen LogP contribution in [0.4, 0.5) is 10.1 Å². The van der Waals surface area contributed by atoms with Crippen molar-refractivity contribution in [1.29, 1.82) is 5.26 Å². The summed E-state index contributed by atoms with van der Waals surface area (Å²) in [4.78, 5) is 12.7. The molecule has 0 saturated heterocycles. The Labute approximate surface area is 193 Å². The van der Waals surface area contributed by atoms with Gasteiger partial charge in [-0.2, -0.15) is 5.26 Å². The fraction of sp³-hybridized carbons (Fsp3) is 0.0833. The number of hydrogen-bond acceptors (Lipinski definition) is 3. The van der Waals surface area contributed by atoms with Crippen LogP contribution in [0, 0.1) is 24.1 Å². The first kappa shape index (κ1) is 22.5. The zero-order chi connectivity index (χ0) is 22.4. The molecule has 31 heavy (non-hydrogen) atoms. The third-order valence-electron chi connectivity index (χ3n) is 4.43. The molecular weight excluding hydrogens is 483 g/mol. The van der Waals surface area contributed by atoms with Crippen molar-refractivity contribution in [2.45, 2.75) is 13.5 Å². The predicted molar refractivity (Wildman–Crippen MR) is 123 cm³/mol. The molecule has 4 nitrogen and oxygen atoms in total. The highest BCUT2D eigenvalue weighted by Gasteiger charge is 2.14. The van der Waals surface area contributed by atoms with E-state index in [1.54, 1.807) is 54.6 Å². The normalized spacial score (nSPS) is 11.0. The monoisotopic (exact) mass is 498 g/mol. The van der Waals surface area contributed by atoms with E-state index in [4.69, 9.17) is 16.3 Å². The van der Waals surface area contributed by atoms with Gasteiger partial charge in [0, 0.05) is 26.3 Å². The fourth-order valence-electron chi connectivity index (χ4n) is 2.76. The van der Waals surface area contributed by atoms with Crippen LogP contribution in [-0.4, -0.2) is 5.91 Å². The average molecular weight is 500 g/mol. The van der Waals surface area contributed by atoms with E-state index in [0.717, 1.165) is 10.0 Å². The molecule has 0 radical (unpaired) electrons. The molecule has 0 bridgehead atoms. The molecule has 3 aromatic rings. The molecule has 0 fully saturated rings. The number of amides is 1. The Bertz CT molecular complexity index is 1200. The maximum atomic E-state index is 13.9. The third kappa shape index (κ3) is 5.94. The van der Waals surface area contributed by atoms with E-state index >= 15 is 0 Å². The zero-order valence-corrected chi connectivity index (χ0v) is 18.8. The van der Waals surface area contributed by atoms with E-state index in [2.05, 4.69) is 21.2 Å². The van der Waals surface area contributed by atoms with Crippen LogP contribution in [0.15, 0.2) is 70.7 Å². The van der Waals surface area contributed by atoms with E-state index in [1.807, 2.05) is 13.0 Å². The lowest BCUT2D eigenvalue weighted by atomic mass is 10.1. The Hall–Kier alpha value is -3.14. The molecule has 0 atom stereocenters. The van der Waals surface area contributed by atoms with E-state index in [1.165, 1.54) is 12.1 Å². The van der Waals surface area contributed by atoms with Gasteiger partial charge in [-0.15, -0.1) is 0 Å². The highest BCUT2D eigenvalue weighted by Crippen LogP contribution is 2.27. The summed E-state index contributed by atoms with van der Waals surface area (Å²) in [6.45, 7) is 1.83. The summed E-state index contributed by atoms with van der Waals surface area (Å²) in [6.07, 6.45) is 1.43. The molecule has 0 aliphatic carbocycles. The second kappa shape index (κ2) is 10.3. The van der Waals surface area contributed by atoms with Crippen molar-refractivity contribution in [2.24, 2.45) is 0 Å². The first-order valence-electron chi connectivity index (χ1n) is 9.22. The van der Waals surface area contributed by atoms with Crippen LogP contribution >= 0.6 is 27.5 Å². The van der Waals surface area contributed by atoms with E-state index in [-0.39, 0.29) is 18.0 Å². The van der Waals surface area contributed by atoms with E-state index in [0.29, 0.717) is 27.6 Å². The van der Waals surface area contributed by atoms with Crippen LogP contribution in [-0.2, 0) is 11.4 Å². The largest absolute Gasteiger partial charge is 0.488 e. The molecule has 3 aromatic carbocycles. The Morgan fingerprint density at radius 1 is 1.23 bits per heavy atom. The van der Waals surface area contributed by atoms with E-state index < -0.39 is 5.91 Å². The summed E-state index contributed by atoms with van der Waals surface area (Å²) in [5, 5.41) is 12.7. The second-order valence-electron chi connectivity index (χ2n) is 6.65. The van der Waals surface area contributed by atoms with Crippen LogP contribution in [0.1, 0.15) is 16.7 Å². The van der Waals surface area contributed by atoms with Gasteiger partial charge in [0.2, 0.25) is 0 Å². The fourth-order valence-corrected chi connectivity index (χ4v) is 3.31. The molecule has 1 N–H and O–H groups in total. The summed E-state index contributed by atoms with van der Waals surface area (Å²) in [5.74, 6) is -0.537. The van der Waals surface area contributed by atoms with Gasteiger partial charge in [-0.25, -0.2) is 4.39 Å². The summed E-state index contributed by atoms with van der Waals surface area (Å²) in [5.41, 5.74) is 2.11. The van der Waals surface area contributed by atoms with Gasteiger partial charge in [0.1, 0.15) is 29.8 Å². The number of carbonyl (C=O) groups excluding carboxylic acids is 1. The topological polar surface area (TPSA) is 62.1 Å². The summed E-state index contributed by atoms with van der Waals surface area (Å²) in [6, 6.07) is 18.5. The van der Waals surface area contributed by atoms with Crippen molar-refractivity contribution in [2.75, 3.05) is 5.32 Å².